The predicted octanol–water partition coefficient (Wildman–Crippen LogP) is 11.2. The summed E-state index contributed by atoms with van der Waals surface area (Å²) in [6.45, 7) is 13.8. The quantitative estimate of drug-likeness (QED) is 0.198. The van der Waals surface area contributed by atoms with Crippen LogP contribution in [0.15, 0.2) is 88.0 Å². The summed E-state index contributed by atoms with van der Waals surface area (Å²) in [5.41, 5.74) is 11.2. The Morgan fingerprint density at radius 2 is 1.00 bits per heavy atom. The van der Waals surface area contributed by atoms with E-state index in [1.54, 1.807) is 0 Å². The Hall–Kier alpha value is -2.20. The highest BCUT2D eigenvalue weighted by Gasteiger charge is 2.30. The fourth-order valence-corrected chi connectivity index (χ4v) is 7.58. The molecular weight excluding hydrogens is 517 g/mol. The lowest BCUT2D eigenvalue weighted by atomic mass is 9.87. The number of thioether (sulfide) groups is 2. The summed E-state index contributed by atoms with van der Waals surface area (Å²) in [6.07, 6.45) is 4.41. The second-order valence-electron chi connectivity index (χ2n) is 12.2. The van der Waals surface area contributed by atoms with Crippen molar-refractivity contribution in [2.75, 3.05) is 12.5 Å². The van der Waals surface area contributed by atoms with E-state index < -0.39 is 0 Å². The standard InChI is InChI=1S/C35H38S3/c1-34(2,3)22-11-15-24-26(17-13-22)31(36-7)20-28(24)33(30-10-9-19-38-30)29-21-32(37-8)27-18-14-23(35(4,5)6)12-16-25(27)29/h9-21,33H,1-8H3. The molecule has 4 aliphatic carbocycles. The Labute approximate surface area is 242 Å². The maximum Gasteiger partial charge on any atom is 0.0447 e. The molecule has 0 amide bonds. The van der Waals surface area contributed by atoms with Crippen molar-refractivity contribution in [3.8, 4) is 22.3 Å². The third-order valence-electron chi connectivity index (χ3n) is 7.65. The van der Waals surface area contributed by atoms with Gasteiger partial charge in [-0.25, -0.2) is 0 Å². The summed E-state index contributed by atoms with van der Waals surface area (Å²) in [7, 11) is 0. The van der Waals surface area contributed by atoms with Gasteiger partial charge in [0, 0.05) is 20.6 Å². The molecule has 1 heterocycles. The zero-order valence-corrected chi connectivity index (χ0v) is 26.3. The first-order chi connectivity index (χ1) is 18.0. The molecule has 0 saturated carbocycles. The summed E-state index contributed by atoms with van der Waals surface area (Å²) in [6, 6.07) is 28.2. The molecule has 1 aromatic rings. The zero-order chi connectivity index (χ0) is 27.2. The summed E-state index contributed by atoms with van der Waals surface area (Å²) in [4.78, 5) is 4.11. The normalized spacial score (nSPS) is 12.7. The van der Waals surface area contributed by atoms with Crippen LogP contribution in [0, 0.1) is 0 Å². The highest BCUT2D eigenvalue weighted by molar-refractivity contribution is 7.99. The largest absolute Gasteiger partial charge is 0.148 e. The van der Waals surface area contributed by atoms with Crippen molar-refractivity contribution in [2.45, 2.75) is 68.1 Å². The van der Waals surface area contributed by atoms with E-state index in [0.29, 0.717) is 0 Å². The number of hydrogen-bond acceptors (Lipinski definition) is 3. The molecule has 38 heavy (non-hydrogen) atoms. The van der Waals surface area contributed by atoms with Crippen molar-refractivity contribution in [1.82, 2.24) is 0 Å². The van der Waals surface area contributed by atoms with E-state index in [0.717, 1.165) is 0 Å². The molecule has 0 N–H and O–H groups in total. The Bertz CT molecular complexity index is 1400. The molecule has 0 atom stereocenters. The van der Waals surface area contributed by atoms with Crippen LogP contribution in [-0.4, -0.2) is 12.5 Å². The van der Waals surface area contributed by atoms with Gasteiger partial charge in [-0.2, -0.15) is 0 Å². The minimum atomic E-state index is 0.109. The fourth-order valence-electron chi connectivity index (χ4n) is 5.43. The Kier molecular flexibility index (Phi) is 7.50. The van der Waals surface area contributed by atoms with Crippen LogP contribution in [-0.2, 0) is 10.8 Å². The van der Waals surface area contributed by atoms with Gasteiger partial charge in [-0.05, 0) is 91.4 Å². The van der Waals surface area contributed by atoms with Crippen molar-refractivity contribution in [1.29, 1.82) is 0 Å². The molecule has 0 radical (unpaired) electrons. The van der Waals surface area contributed by atoms with Crippen LogP contribution < -0.4 is 0 Å². The number of fused-ring (bicyclic) bond motifs is 2. The molecule has 5 rings (SSSR count). The smallest absolute Gasteiger partial charge is 0.0447 e. The van der Waals surface area contributed by atoms with E-state index in [2.05, 4.69) is 132 Å². The SMILES string of the molecule is CSc1cc(C(c2cccs2)c2cc(SC)c3ccc(C(C)(C)C)ccc2-3)c2ccc(C(C)(C)C)ccc1-2. The molecule has 0 aliphatic heterocycles. The number of rotatable bonds is 5. The lowest BCUT2D eigenvalue weighted by Gasteiger charge is -2.18. The van der Waals surface area contributed by atoms with E-state index in [-0.39, 0.29) is 16.7 Å². The van der Waals surface area contributed by atoms with Gasteiger partial charge in [-0.1, -0.05) is 96.1 Å². The molecule has 0 aromatic carbocycles. The van der Waals surface area contributed by atoms with Crippen LogP contribution in [0.1, 0.15) is 74.6 Å². The second-order valence-corrected chi connectivity index (χ2v) is 14.9. The summed E-state index contributed by atoms with van der Waals surface area (Å²) in [5, 5.41) is 2.22. The topological polar surface area (TPSA) is 0 Å². The molecule has 196 valence electrons. The van der Waals surface area contributed by atoms with Gasteiger partial charge >= 0.3 is 0 Å². The van der Waals surface area contributed by atoms with Crippen LogP contribution in [0.2, 0.25) is 0 Å². The first-order valence-electron chi connectivity index (χ1n) is 13.3. The van der Waals surface area contributed by atoms with Crippen LogP contribution in [0.3, 0.4) is 0 Å². The van der Waals surface area contributed by atoms with E-state index >= 15 is 0 Å². The van der Waals surface area contributed by atoms with E-state index in [1.165, 1.54) is 59.2 Å². The van der Waals surface area contributed by atoms with E-state index in [1.807, 2.05) is 34.9 Å². The fraction of sp³-hybridized carbons (Fsp3) is 0.314. The molecule has 0 bridgehead atoms. The molecule has 1 aromatic heterocycles. The first-order valence-corrected chi connectivity index (χ1v) is 16.6. The van der Waals surface area contributed by atoms with Gasteiger partial charge in [0.2, 0.25) is 0 Å². The maximum atomic E-state index is 2.46. The van der Waals surface area contributed by atoms with Crippen LogP contribution in [0.5, 0.6) is 0 Å². The van der Waals surface area contributed by atoms with E-state index in [4.69, 9.17) is 0 Å². The highest BCUT2D eigenvalue weighted by Crippen LogP contribution is 2.50. The van der Waals surface area contributed by atoms with Gasteiger partial charge in [0.05, 0.1) is 0 Å². The minimum Gasteiger partial charge on any atom is -0.148 e. The lowest BCUT2D eigenvalue weighted by Crippen LogP contribution is -2.09. The van der Waals surface area contributed by atoms with Gasteiger partial charge in [0.25, 0.3) is 0 Å². The van der Waals surface area contributed by atoms with Crippen LogP contribution >= 0.6 is 34.9 Å². The van der Waals surface area contributed by atoms with Crippen molar-refractivity contribution in [3.05, 3.63) is 105 Å². The monoisotopic (exact) mass is 554 g/mol. The van der Waals surface area contributed by atoms with Gasteiger partial charge in [-0.15, -0.1) is 34.9 Å². The first kappa shape index (κ1) is 27.4. The molecule has 0 spiro atoms. The third-order valence-corrected chi connectivity index (χ3v) is 10.1. The molecule has 3 heteroatoms. The van der Waals surface area contributed by atoms with Crippen LogP contribution in [0.4, 0.5) is 0 Å². The highest BCUT2D eigenvalue weighted by atomic mass is 32.2. The lowest BCUT2D eigenvalue weighted by molar-refractivity contribution is 0.590. The van der Waals surface area contributed by atoms with Gasteiger partial charge < -0.3 is 0 Å². The molecule has 0 fully saturated rings. The second kappa shape index (κ2) is 10.4. The predicted molar refractivity (Wildman–Crippen MR) is 172 cm³/mol. The maximum absolute atomic E-state index is 2.46. The molecule has 0 unspecified atom stereocenters. The molecular formula is C35H38S3. The summed E-state index contributed by atoms with van der Waals surface area (Å²) in [5.74, 6) is 0.183. The minimum absolute atomic E-state index is 0.109. The number of hydrogen-bond donors (Lipinski definition) is 0. The Morgan fingerprint density at radius 1 is 0.579 bits per heavy atom. The Balaban J connectivity index is 1.79. The Morgan fingerprint density at radius 3 is 1.34 bits per heavy atom. The number of thiophene rings is 1. The molecule has 0 nitrogen and oxygen atoms in total. The van der Waals surface area contributed by atoms with Crippen molar-refractivity contribution < 1.29 is 0 Å². The van der Waals surface area contributed by atoms with Crippen LogP contribution in [0.25, 0.3) is 22.3 Å². The van der Waals surface area contributed by atoms with Crippen molar-refractivity contribution >= 4 is 34.9 Å². The molecule has 4 aliphatic rings. The van der Waals surface area contributed by atoms with Gasteiger partial charge in [0.15, 0.2) is 0 Å². The third kappa shape index (κ3) is 5.06. The van der Waals surface area contributed by atoms with Gasteiger partial charge in [-0.3, -0.25) is 0 Å². The summed E-state index contributed by atoms with van der Waals surface area (Å²) < 4.78 is 0. The van der Waals surface area contributed by atoms with Crippen molar-refractivity contribution in [2.24, 2.45) is 0 Å². The average molecular weight is 555 g/mol. The van der Waals surface area contributed by atoms with E-state index in [9.17, 15) is 0 Å². The van der Waals surface area contributed by atoms with Crippen molar-refractivity contribution in [3.63, 3.8) is 0 Å². The summed E-state index contributed by atoms with van der Waals surface area (Å²) >= 11 is 5.57. The average Bonchev–Trinajstić information content (AvgIpc) is 3.48. The zero-order valence-electron chi connectivity index (χ0n) is 23.8. The van der Waals surface area contributed by atoms with Gasteiger partial charge in [0.1, 0.15) is 0 Å². The molecule has 0 saturated heterocycles.